The predicted octanol–water partition coefficient (Wildman–Crippen LogP) is 1.88. The van der Waals surface area contributed by atoms with Crippen molar-refractivity contribution in [2.24, 2.45) is 0 Å². The molecule has 1 rings (SSSR count). The average molecular weight is 259 g/mol. The summed E-state index contributed by atoms with van der Waals surface area (Å²) in [5.74, 6) is -1.08. The lowest BCUT2D eigenvalue weighted by Gasteiger charge is -2.08. The highest BCUT2D eigenvalue weighted by Gasteiger charge is 2.09. The van der Waals surface area contributed by atoms with Gasteiger partial charge in [-0.3, -0.25) is 0 Å². The zero-order valence-electron chi connectivity index (χ0n) is 10.5. The fourth-order valence-electron chi connectivity index (χ4n) is 1.63. The Morgan fingerprint density at radius 2 is 1.94 bits per heavy atom. The number of aliphatic hydroxyl groups excluding tert-OH is 1. The maximum atomic E-state index is 13.5. The number of nitrogens with one attached hydrogen (secondary N) is 1. The van der Waals surface area contributed by atoms with E-state index in [0.717, 1.165) is 25.5 Å². The zero-order chi connectivity index (χ0) is 13.4. The van der Waals surface area contributed by atoms with Crippen molar-refractivity contribution in [2.45, 2.75) is 19.3 Å². The van der Waals surface area contributed by atoms with Crippen molar-refractivity contribution in [3.63, 3.8) is 0 Å². The number of hydrogen-bond acceptors (Lipinski definition) is 3. The van der Waals surface area contributed by atoms with Gasteiger partial charge in [0.05, 0.1) is 7.11 Å². The molecule has 0 fully saturated rings. The molecule has 0 atom stereocenters. The van der Waals surface area contributed by atoms with Gasteiger partial charge < -0.3 is 15.2 Å². The minimum atomic E-state index is -0.547. The summed E-state index contributed by atoms with van der Waals surface area (Å²) in [6, 6.07) is 2.24. The molecule has 0 heterocycles. The van der Waals surface area contributed by atoms with Crippen LogP contribution in [0.25, 0.3) is 0 Å². The lowest BCUT2D eigenvalue weighted by atomic mass is 10.1. The van der Waals surface area contributed by atoms with Crippen LogP contribution < -0.4 is 10.1 Å². The Bertz CT molecular complexity index is 372. The number of rotatable bonds is 8. The van der Waals surface area contributed by atoms with Gasteiger partial charge in [-0.1, -0.05) is 0 Å². The van der Waals surface area contributed by atoms with E-state index in [-0.39, 0.29) is 12.4 Å². The van der Waals surface area contributed by atoms with Crippen LogP contribution in [-0.2, 0) is 6.42 Å². The molecule has 0 amide bonds. The monoisotopic (exact) mass is 259 g/mol. The van der Waals surface area contributed by atoms with Crippen LogP contribution in [0, 0.1) is 11.6 Å². The molecule has 2 N–H and O–H groups in total. The summed E-state index contributed by atoms with van der Waals surface area (Å²) >= 11 is 0. The van der Waals surface area contributed by atoms with E-state index in [4.69, 9.17) is 9.84 Å². The molecule has 0 bridgehead atoms. The van der Waals surface area contributed by atoms with Crippen LogP contribution in [-0.4, -0.2) is 31.9 Å². The number of halogens is 2. The SMILES string of the molecule is COc1cc(F)c(CCNCCCCO)cc1F. The molecule has 0 saturated carbocycles. The quantitative estimate of drug-likeness (QED) is 0.700. The molecule has 0 aromatic heterocycles. The first-order valence-corrected chi connectivity index (χ1v) is 6.02. The molecule has 5 heteroatoms. The summed E-state index contributed by atoms with van der Waals surface area (Å²) in [7, 11) is 1.31. The van der Waals surface area contributed by atoms with Gasteiger partial charge in [-0.2, -0.15) is 0 Å². The van der Waals surface area contributed by atoms with E-state index in [2.05, 4.69) is 5.32 Å². The Labute approximate surface area is 106 Å². The number of ether oxygens (including phenoxy) is 1. The largest absolute Gasteiger partial charge is 0.494 e. The van der Waals surface area contributed by atoms with E-state index < -0.39 is 11.6 Å². The standard InChI is InChI=1S/C13H19F2NO2/c1-18-13-9-11(14)10(8-12(13)15)4-6-16-5-2-3-7-17/h8-9,16-17H,2-7H2,1H3. The molecule has 0 spiro atoms. The van der Waals surface area contributed by atoms with Crippen molar-refractivity contribution in [3.8, 4) is 5.75 Å². The highest BCUT2D eigenvalue weighted by Crippen LogP contribution is 2.21. The van der Waals surface area contributed by atoms with Crippen molar-refractivity contribution in [3.05, 3.63) is 29.3 Å². The van der Waals surface area contributed by atoms with E-state index in [1.807, 2.05) is 0 Å². The average Bonchev–Trinajstić information content (AvgIpc) is 2.37. The second kappa shape index (κ2) is 8.00. The molecule has 0 unspecified atom stereocenters. The van der Waals surface area contributed by atoms with Gasteiger partial charge in [0.25, 0.3) is 0 Å². The fourth-order valence-corrected chi connectivity index (χ4v) is 1.63. The van der Waals surface area contributed by atoms with E-state index in [1.165, 1.54) is 13.2 Å². The first-order chi connectivity index (χ1) is 8.69. The van der Waals surface area contributed by atoms with Crippen molar-refractivity contribution >= 4 is 0 Å². The number of benzene rings is 1. The molecular formula is C13H19F2NO2. The van der Waals surface area contributed by atoms with Gasteiger partial charge in [0.2, 0.25) is 0 Å². The van der Waals surface area contributed by atoms with Gasteiger partial charge in [0.1, 0.15) is 5.82 Å². The molecule has 0 aliphatic heterocycles. The van der Waals surface area contributed by atoms with Gasteiger partial charge in [-0.25, -0.2) is 8.78 Å². The zero-order valence-corrected chi connectivity index (χ0v) is 10.5. The molecule has 0 aliphatic carbocycles. The van der Waals surface area contributed by atoms with E-state index in [0.29, 0.717) is 18.5 Å². The summed E-state index contributed by atoms with van der Waals surface area (Å²) in [5, 5.41) is 11.7. The van der Waals surface area contributed by atoms with Crippen molar-refractivity contribution in [2.75, 3.05) is 26.8 Å². The van der Waals surface area contributed by atoms with Crippen molar-refractivity contribution in [1.82, 2.24) is 5.32 Å². The summed E-state index contributed by atoms with van der Waals surface area (Å²) in [5.41, 5.74) is 0.336. The maximum Gasteiger partial charge on any atom is 0.165 e. The van der Waals surface area contributed by atoms with Crippen LogP contribution >= 0.6 is 0 Å². The Hall–Kier alpha value is -1.20. The highest BCUT2D eigenvalue weighted by atomic mass is 19.1. The number of unbranched alkanes of at least 4 members (excludes halogenated alkanes) is 1. The molecule has 3 nitrogen and oxygen atoms in total. The molecule has 0 aliphatic rings. The van der Waals surface area contributed by atoms with Gasteiger partial charge in [-0.15, -0.1) is 0 Å². The Morgan fingerprint density at radius 1 is 1.17 bits per heavy atom. The summed E-state index contributed by atoms with van der Waals surface area (Å²) in [6.45, 7) is 1.52. The van der Waals surface area contributed by atoms with Crippen molar-refractivity contribution < 1.29 is 18.6 Å². The molecule has 0 radical (unpaired) electrons. The predicted molar refractivity (Wildman–Crippen MR) is 65.8 cm³/mol. The number of methoxy groups -OCH3 is 1. The van der Waals surface area contributed by atoms with Crippen LogP contribution in [0.4, 0.5) is 8.78 Å². The fraction of sp³-hybridized carbons (Fsp3) is 0.538. The third kappa shape index (κ3) is 4.58. The smallest absolute Gasteiger partial charge is 0.165 e. The minimum Gasteiger partial charge on any atom is -0.494 e. The van der Waals surface area contributed by atoms with E-state index >= 15 is 0 Å². The number of aliphatic hydroxyl groups is 1. The van der Waals surface area contributed by atoms with Gasteiger partial charge in [0, 0.05) is 12.7 Å². The van der Waals surface area contributed by atoms with Crippen LogP contribution in [0.3, 0.4) is 0 Å². The van der Waals surface area contributed by atoms with Gasteiger partial charge >= 0.3 is 0 Å². The normalized spacial score (nSPS) is 10.7. The Kier molecular flexibility index (Phi) is 6.60. The minimum absolute atomic E-state index is 0.0767. The van der Waals surface area contributed by atoms with E-state index in [1.54, 1.807) is 0 Å². The molecular weight excluding hydrogens is 240 g/mol. The molecule has 102 valence electrons. The Balaban J connectivity index is 2.40. The van der Waals surface area contributed by atoms with Crippen LogP contribution in [0.2, 0.25) is 0 Å². The van der Waals surface area contributed by atoms with Crippen LogP contribution in [0.1, 0.15) is 18.4 Å². The van der Waals surface area contributed by atoms with Crippen molar-refractivity contribution in [1.29, 1.82) is 0 Å². The highest BCUT2D eigenvalue weighted by molar-refractivity contribution is 5.31. The van der Waals surface area contributed by atoms with Crippen LogP contribution in [0.15, 0.2) is 12.1 Å². The molecule has 18 heavy (non-hydrogen) atoms. The van der Waals surface area contributed by atoms with Gasteiger partial charge in [-0.05, 0) is 44.0 Å². The first-order valence-electron chi connectivity index (χ1n) is 6.02. The molecule has 1 aromatic rings. The summed E-state index contributed by atoms with van der Waals surface area (Å²) in [4.78, 5) is 0. The summed E-state index contributed by atoms with van der Waals surface area (Å²) in [6.07, 6.45) is 2.04. The lowest BCUT2D eigenvalue weighted by Crippen LogP contribution is -2.19. The second-order valence-electron chi connectivity index (χ2n) is 4.01. The van der Waals surface area contributed by atoms with E-state index in [9.17, 15) is 8.78 Å². The van der Waals surface area contributed by atoms with Crippen LogP contribution in [0.5, 0.6) is 5.75 Å². The summed E-state index contributed by atoms with van der Waals surface area (Å²) < 4.78 is 31.6. The number of hydrogen-bond donors (Lipinski definition) is 2. The van der Waals surface area contributed by atoms with Gasteiger partial charge in [0.15, 0.2) is 11.6 Å². The third-order valence-corrected chi connectivity index (χ3v) is 2.65. The second-order valence-corrected chi connectivity index (χ2v) is 4.01. The third-order valence-electron chi connectivity index (χ3n) is 2.65. The topological polar surface area (TPSA) is 41.5 Å². The molecule has 0 saturated heterocycles. The Morgan fingerprint density at radius 3 is 2.61 bits per heavy atom. The lowest BCUT2D eigenvalue weighted by molar-refractivity contribution is 0.284. The maximum absolute atomic E-state index is 13.5. The first kappa shape index (κ1) is 14.9. The molecule has 1 aromatic carbocycles.